The average Bonchev–Trinajstić information content (AvgIpc) is 2.45. The summed E-state index contributed by atoms with van der Waals surface area (Å²) < 4.78 is 0. The molecule has 2 N–H and O–H groups in total. The van der Waals surface area contributed by atoms with Crippen molar-refractivity contribution in [2.45, 2.75) is 45.3 Å². The van der Waals surface area contributed by atoms with E-state index in [0.717, 1.165) is 12.1 Å². The first-order valence-corrected chi connectivity index (χ1v) is 7.54. The van der Waals surface area contributed by atoms with Gasteiger partial charge < -0.3 is 15.3 Å². The van der Waals surface area contributed by atoms with Gasteiger partial charge in [0, 0.05) is 37.7 Å². The van der Waals surface area contributed by atoms with Crippen molar-refractivity contribution < 1.29 is 9.90 Å². The molecule has 2 rings (SSSR count). The SMILES string of the molecule is CN(C)c1ccc(CCC(=O)NC2CC(O)C2(C)C)cc1. The van der Waals surface area contributed by atoms with Gasteiger partial charge in [0.2, 0.25) is 5.91 Å². The van der Waals surface area contributed by atoms with Gasteiger partial charge in [-0.1, -0.05) is 26.0 Å². The molecule has 1 aliphatic rings. The molecule has 1 fully saturated rings. The van der Waals surface area contributed by atoms with Crippen molar-refractivity contribution in [2.24, 2.45) is 5.41 Å². The van der Waals surface area contributed by atoms with E-state index in [1.54, 1.807) is 0 Å². The minimum Gasteiger partial charge on any atom is -0.392 e. The van der Waals surface area contributed by atoms with E-state index < -0.39 is 0 Å². The Labute approximate surface area is 127 Å². The minimum atomic E-state index is -0.304. The molecular formula is C17H26N2O2. The number of hydrogen-bond acceptors (Lipinski definition) is 3. The predicted octanol–water partition coefficient (Wildman–Crippen LogP) is 1.96. The molecule has 1 saturated carbocycles. The summed E-state index contributed by atoms with van der Waals surface area (Å²) in [6.45, 7) is 3.98. The number of rotatable bonds is 5. The fraction of sp³-hybridized carbons (Fsp3) is 0.588. The Kier molecular flexibility index (Phi) is 4.57. The normalized spacial score (nSPS) is 23.3. The molecule has 21 heavy (non-hydrogen) atoms. The summed E-state index contributed by atoms with van der Waals surface area (Å²) in [5, 5.41) is 12.7. The highest BCUT2D eigenvalue weighted by atomic mass is 16.3. The van der Waals surface area contributed by atoms with Crippen LogP contribution in [0, 0.1) is 5.41 Å². The second kappa shape index (κ2) is 6.06. The van der Waals surface area contributed by atoms with Crippen molar-refractivity contribution in [1.29, 1.82) is 0 Å². The summed E-state index contributed by atoms with van der Waals surface area (Å²) in [6, 6.07) is 8.37. The first-order valence-electron chi connectivity index (χ1n) is 7.54. The van der Waals surface area contributed by atoms with E-state index in [1.807, 2.05) is 27.9 Å². The van der Waals surface area contributed by atoms with Crippen molar-refractivity contribution in [3.8, 4) is 0 Å². The number of hydrogen-bond donors (Lipinski definition) is 2. The number of benzene rings is 1. The van der Waals surface area contributed by atoms with Gasteiger partial charge in [0.1, 0.15) is 0 Å². The van der Waals surface area contributed by atoms with Crippen LogP contribution in [0.5, 0.6) is 0 Å². The monoisotopic (exact) mass is 290 g/mol. The Hall–Kier alpha value is -1.55. The predicted molar refractivity (Wildman–Crippen MR) is 85.4 cm³/mol. The van der Waals surface area contributed by atoms with Crippen molar-refractivity contribution in [3.63, 3.8) is 0 Å². The Balaban J connectivity index is 1.79. The molecule has 0 saturated heterocycles. The van der Waals surface area contributed by atoms with Crippen LogP contribution < -0.4 is 10.2 Å². The van der Waals surface area contributed by atoms with Gasteiger partial charge in [0.05, 0.1) is 6.10 Å². The van der Waals surface area contributed by atoms with Gasteiger partial charge in [0.25, 0.3) is 0 Å². The highest BCUT2D eigenvalue weighted by Gasteiger charge is 2.47. The van der Waals surface area contributed by atoms with Crippen LogP contribution in [0.3, 0.4) is 0 Å². The first-order chi connectivity index (χ1) is 9.80. The largest absolute Gasteiger partial charge is 0.392 e. The summed E-state index contributed by atoms with van der Waals surface area (Å²) in [7, 11) is 4.02. The maximum atomic E-state index is 12.0. The van der Waals surface area contributed by atoms with E-state index in [1.165, 1.54) is 5.56 Å². The molecule has 0 heterocycles. The number of aliphatic hydroxyl groups excluding tert-OH is 1. The number of nitrogens with zero attached hydrogens (tertiary/aromatic N) is 1. The molecule has 0 radical (unpaired) electrons. The van der Waals surface area contributed by atoms with Crippen molar-refractivity contribution >= 4 is 11.6 Å². The second-order valence-electron chi connectivity index (χ2n) is 6.75. The molecule has 2 unspecified atom stereocenters. The van der Waals surface area contributed by atoms with Gasteiger partial charge in [0.15, 0.2) is 0 Å². The van der Waals surface area contributed by atoms with E-state index >= 15 is 0 Å². The highest BCUT2D eigenvalue weighted by Crippen LogP contribution is 2.40. The molecular weight excluding hydrogens is 264 g/mol. The molecule has 0 aliphatic heterocycles. The van der Waals surface area contributed by atoms with Crippen molar-refractivity contribution in [3.05, 3.63) is 29.8 Å². The number of aryl methyl sites for hydroxylation is 1. The van der Waals surface area contributed by atoms with Crippen LogP contribution >= 0.6 is 0 Å². The molecule has 1 aromatic rings. The number of amides is 1. The second-order valence-corrected chi connectivity index (χ2v) is 6.75. The lowest BCUT2D eigenvalue weighted by Crippen LogP contribution is -2.61. The van der Waals surface area contributed by atoms with Crippen LogP contribution in [0.4, 0.5) is 5.69 Å². The van der Waals surface area contributed by atoms with Gasteiger partial charge in [-0.2, -0.15) is 0 Å². The molecule has 4 nitrogen and oxygen atoms in total. The quantitative estimate of drug-likeness (QED) is 0.871. The lowest BCUT2D eigenvalue weighted by atomic mass is 9.64. The summed E-state index contributed by atoms with van der Waals surface area (Å²) in [6.07, 6.45) is 1.59. The summed E-state index contributed by atoms with van der Waals surface area (Å²) in [5.41, 5.74) is 2.13. The molecule has 1 aromatic carbocycles. The Bertz CT molecular complexity index is 494. The van der Waals surface area contributed by atoms with Crippen LogP contribution in [0.2, 0.25) is 0 Å². The van der Waals surface area contributed by atoms with Crippen LogP contribution in [0.15, 0.2) is 24.3 Å². The van der Waals surface area contributed by atoms with E-state index in [0.29, 0.717) is 12.8 Å². The van der Waals surface area contributed by atoms with Gasteiger partial charge in [-0.15, -0.1) is 0 Å². The first kappa shape index (κ1) is 15.8. The van der Waals surface area contributed by atoms with Crippen molar-refractivity contribution in [1.82, 2.24) is 5.32 Å². The molecule has 116 valence electrons. The number of nitrogens with one attached hydrogen (secondary N) is 1. The number of carbonyl (C=O) groups excluding carboxylic acids is 1. The molecule has 0 aromatic heterocycles. The van der Waals surface area contributed by atoms with Gasteiger partial charge in [-0.05, 0) is 30.5 Å². The molecule has 1 amide bonds. The smallest absolute Gasteiger partial charge is 0.220 e. The fourth-order valence-electron chi connectivity index (χ4n) is 2.63. The standard InChI is InChI=1S/C17H26N2O2/c1-17(2)14(11-15(17)20)18-16(21)10-7-12-5-8-13(9-6-12)19(3)4/h5-6,8-9,14-15,20H,7,10-11H2,1-4H3,(H,18,21). The molecule has 4 heteroatoms. The molecule has 1 aliphatic carbocycles. The molecule has 2 atom stereocenters. The van der Waals surface area contributed by atoms with E-state index in [-0.39, 0.29) is 23.5 Å². The lowest BCUT2D eigenvalue weighted by Gasteiger charge is -2.49. The number of anilines is 1. The number of carbonyl (C=O) groups is 1. The minimum absolute atomic E-state index is 0.0664. The molecule has 0 spiro atoms. The van der Waals surface area contributed by atoms with Crippen molar-refractivity contribution in [2.75, 3.05) is 19.0 Å². The van der Waals surface area contributed by atoms with E-state index in [2.05, 4.69) is 34.5 Å². The van der Waals surface area contributed by atoms with Crippen LogP contribution in [0.1, 0.15) is 32.3 Å². The lowest BCUT2D eigenvalue weighted by molar-refractivity contribution is -0.129. The number of aliphatic hydroxyl groups is 1. The maximum absolute atomic E-state index is 12.0. The fourth-order valence-corrected chi connectivity index (χ4v) is 2.63. The third-order valence-electron chi connectivity index (χ3n) is 4.64. The Morgan fingerprint density at radius 3 is 2.43 bits per heavy atom. The summed E-state index contributed by atoms with van der Waals surface area (Å²) in [5.74, 6) is 0.0664. The van der Waals surface area contributed by atoms with E-state index in [9.17, 15) is 9.90 Å². The highest BCUT2D eigenvalue weighted by molar-refractivity contribution is 5.76. The topological polar surface area (TPSA) is 52.6 Å². The third-order valence-corrected chi connectivity index (χ3v) is 4.64. The zero-order chi connectivity index (χ0) is 15.6. The van der Waals surface area contributed by atoms with Gasteiger partial charge >= 0.3 is 0 Å². The molecule has 0 bridgehead atoms. The Morgan fingerprint density at radius 2 is 1.95 bits per heavy atom. The third kappa shape index (κ3) is 3.56. The average molecular weight is 290 g/mol. The summed E-state index contributed by atoms with van der Waals surface area (Å²) >= 11 is 0. The van der Waals surface area contributed by atoms with E-state index in [4.69, 9.17) is 0 Å². The zero-order valence-corrected chi connectivity index (χ0v) is 13.4. The summed E-state index contributed by atoms with van der Waals surface area (Å²) in [4.78, 5) is 14.0. The van der Waals surface area contributed by atoms with Gasteiger partial charge in [-0.3, -0.25) is 4.79 Å². The van der Waals surface area contributed by atoms with Crippen LogP contribution in [-0.4, -0.2) is 37.3 Å². The van der Waals surface area contributed by atoms with Crippen LogP contribution in [0.25, 0.3) is 0 Å². The Morgan fingerprint density at radius 1 is 1.33 bits per heavy atom. The van der Waals surface area contributed by atoms with Gasteiger partial charge in [-0.25, -0.2) is 0 Å². The van der Waals surface area contributed by atoms with Crippen LogP contribution in [-0.2, 0) is 11.2 Å². The maximum Gasteiger partial charge on any atom is 0.220 e. The zero-order valence-electron chi connectivity index (χ0n) is 13.4.